The lowest BCUT2D eigenvalue weighted by atomic mass is 10.0. The number of hydrogen-bond acceptors (Lipinski definition) is 5. The third-order valence-electron chi connectivity index (χ3n) is 4.80. The van der Waals surface area contributed by atoms with E-state index >= 15 is 0 Å². The molecule has 0 bridgehead atoms. The lowest BCUT2D eigenvalue weighted by Crippen LogP contribution is -2.38. The van der Waals surface area contributed by atoms with Crippen LogP contribution in [0.2, 0.25) is 0 Å². The predicted molar refractivity (Wildman–Crippen MR) is 111 cm³/mol. The number of ketones is 1. The van der Waals surface area contributed by atoms with E-state index in [0.717, 1.165) is 27.8 Å². The molecule has 0 saturated carbocycles. The van der Waals surface area contributed by atoms with Crippen molar-refractivity contribution in [2.24, 2.45) is 10.7 Å². The third-order valence-corrected chi connectivity index (χ3v) is 4.80. The Morgan fingerprint density at radius 3 is 2.57 bits per heavy atom. The Kier molecular flexibility index (Phi) is 5.12. The fourth-order valence-electron chi connectivity index (χ4n) is 2.82. The summed E-state index contributed by atoms with van der Waals surface area (Å²) in [6, 6.07) is 4.02. The first-order valence-corrected chi connectivity index (χ1v) is 9.28. The molecule has 2 heterocycles. The molecule has 0 amide bonds. The Morgan fingerprint density at radius 2 is 1.89 bits per heavy atom. The van der Waals surface area contributed by atoms with Crippen molar-refractivity contribution in [2.45, 2.75) is 20.8 Å². The summed E-state index contributed by atoms with van der Waals surface area (Å²) in [5.74, 6) is 0.368. The summed E-state index contributed by atoms with van der Waals surface area (Å²) in [4.78, 5) is 16.6. The van der Waals surface area contributed by atoms with E-state index in [0.29, 0.717) is 35.2 Å². The van der Waals surface area contributed by atoms with Crippen molar-refractivity contribution < 1.29 is 14.0 Å². The van der Waals surface area contributed by atoms with E-state index in [-0.39, 0.29) is 5.78 Å². The Balaban J connectivity index is 2.10. The van der Waals surface area contributed by atoms with Gasteiger partial charge < -0.3 is 15.0 Å². The molecule has 3 rings (SSSR count). The number of quaternary nitrogens is 1. The van der Waals surface area contributed by atoms with Crippen molar-refractivity contribution in [3.63, 3.8) is 0 Å². The van der Waals surface area contributed by atoms with Gasteiger partial charge in [0.25, 0.3) is 5.88 Å². The number of nitrogens with zero attached hydrogens (tertiary/aromatic N) is 4. The van der Waals surface area contributed by atoms with E-state index in [2.05, 4.69) is 26.2 Å². The highest BCUT2D eigenvalue weighted by atomic mass is 16.5. The van der Waals surface area contributed by atoms with Gasteiger partial charge in [0, 0.05) is 11.8 Å². The maximum Gasteiger partial charge on any atom is 0.260 e. The summed E-state index contributed by atoms with van der Waals surface area (Å²) in [5.41, 5.74) is 11.1. The van der Waals surface area contributed by atoms with Crippen LogP contribution >= 0.6 is 0 Å². The molecule has 2 N–H and O–H groups in total. The molecule has 0 radical (unpaired) electrons. The van der Waals surface area contributed by atoms with Gasteiger partial charge in [-0.15, -0.1) is 5.10 Å². The van der Waals surface area contributed by atoms with Gasteiger partial charge in [0.05, 0.1) is 38.1 Å². The van der Waals surface area contributed by atoms with Gasteiger partial charge in [-0.3, -0.25) is 4.79 Å². The molecule has 0 atom stereocenters. The molecule has 0 aromatic carbocycles. The van der Waals surface area contributed by atoms with Crippen LogP contribution < -0.4 is 10.5 Å². The number of hydrogen-bond donors (Lipinski definition) is 1. The first kappa shape index (κ1) is 19.8. The zero-order chi connectivity index (χ0) is 20.6. The van der Waals surface area contributed by atoms with Crippen molar-refractivity contribution in [1.82, 2.24) is 9.61 Å². The number of ether oxygens (including phenoxy) is 1. The van der Waals surface area contributed by atoms with Crippen LogP contribution in [0.1, 0.15) is 18.2 Å². The van der Waals surface area contributed by atoms with Gasteiger partial charge in [-0.25, -0.2) is 9.51 Å². The number of fused-ring (bicyclic) bond motifs is 1. The number of nitrogens with two attached hydrogens (primary N) is 1. The molecule has 1 aliphatic rings. The number of pyridine rings is 1. The predicted octanol–water partition coefficient (Wildman–Crippen LogP) is 2.48. The number of likely N-dealkylation sites (N-methyl/N-ethyl adjacent to an activating group) is 1. The molecule has 28 heavy (non-hydrogen) atoms. The average Bonchev–Trinajstić information content (AvgIpc) is 2.93. The monoisotopic (exact) mass is 382 g/mol. The van der Waals surface area contributed by atoms with Crippen molar-refractivity contribution >= 4 is 22.7 Å². The molecule has 0 saturated heterocycles. The maximum absolute atomic E-state index is 11.8. The van der Waals surface area contributed by atoms with Crippen molar-refractivity contribution in [3.05, 3.63) is 46.8 Å². The summed E-state index contributed by atoms with van der Waals surface area (Å²) in [6.07, 6.45) is 3.12. The van der Waals surface area contributed by atoms with Gasteiger partial charge in [-0.05, 0) is 44.1 Å². The summed E-state index contributed by atoms with van der Waals surface area (Å²) in [7, 11) is 6.33. The van der Waals surface area contributed by atoms with Gasteiger partial charge in [0.2, 0.25) is 0 Å². The SMILES string of the molecule is CC1=C/C(=N\c2c(OCC[N+](C)(C)C)nn3c(C)c(C)ccc23)C(N)=CC1=O. The molecule has 0 fully saturated rings. The fraction of sp³-hybridized carbons (Fsp3) is 0.381. The fourth-order valence-corrected chi connectivity index (χ4v) is 2.82. The molecular formula is C21H28N5O2+. The highest BCUT2D eigenvalue weighted by Crippen LogP contribution is 2.34. The van der Waals surface area contributed by atoms with Crippen LogP contribution in [-0.4, -0.2) is 59.9 Å². The number of carbonyl (C=O) groups is 1. The largest absolute Gasteiger partial charge is 0.469 e. The average molecular weight is 382 g/mol. The molecule has 7 nitrogen and oxygen atoms in total. The third kappa shape index (κ3) is 3.99. The van der Waals surface area contributed by atoms with Crippen LogP contribution in [-0.2, 0) is 4.79 Å². The van der Waals surface area contributed by atoms with E-state index in [4.69, 9.17) is 15.5 Å². The van der Waals surface area contributed by atoms with Crippen LogP contribution in [0.5, 0.6) is 5.88 Å². The standard InChI is InChI=1S/C21H27N5O2/c1-13-7-8-18-20(23-17-11-14(2)19(27)12-16(17)22)21(24-25(18)15(13)3)28-10-9-26(4,5)6/h7-8,11-12H,9-10H2,1-6H3,(H-,22,27)/p+1/b23-17+. The molecule has 0 aliphatic heterocycles. The van der Waals surface area contributed by atoms with Crippen LogP contribution in [0.4, 0.5) is 5.69 Å². The quantitative estimate of drug-likeness (QED) is 0.636. The molecule has 0 spiro atoms. The van der Waals surface area contributed by atoms with Gasteiger partial charge in [-0.1, -0.05) is 6.07 Å². The summed E-state index contributed by atoms with van der Waals surface area (Å²) >= 11 is 0. The van der Waals surface area contributed by atoms with Gasteiger partial charge in [0.1, 0.15) is 13.2 Å². The maximum atomic E-state index is 11.8. The molecular weight excluding hydrogens is 354 g/mol. The van der Waals surface area contributed by atoms with Gasteiger partial charge >= 0.3 is 0 Å². The van der Waals surface area contributed by atoms with Crippen molar-refractivity contribution in [1.29, 1.82) is 0 Å². The highest BCUT2D eigenvalue weighted by molar-refractivity contribution is 6.22. The van der Waals surface area contributed by atoms with E-state index in [1.165, 1.54) is 6.08 Å². The topological polar surface area (TPSA) is 82.0 Å². The van der Waals surface area contributed by atoms with Crippen LogP contribution in [0.25, 0.3) is 5.52 Å². The lowest BCUT2D eigenvalue weighted by Gasteiger charge is -2.23. The Bertz CT molecular complexity index is 1040. The van der Waals surface area contributed by atoms with E-state index in [1.54, 1.807) is 13.0 Å². The molecule has 2 aromatic heterocycles. The number of rotatable bonds is 5. The van der Waals surface area contributed by atoms with Gasteiger partial charge in [-0.2, -0.15) is 0 Å². The van der Waals surface area contributed by atoms with Gasteiger partial charge in [0.15, 0.2) is 11.5 Å². The second-order valence-corrected chi connectivity index (χ2v) is 8.20. The minimum Gasteiger partial charge on any atom is -0.469 e. The second-order valence-electron chi connectivity index (χ2n) is 8.20. The van der Waals surface area contributed by atoms with E-state index < -0.39 is 0 Å². The zero-order valence-electron chi connectivity index (χ0n) is 17.4. The van der Waals surface area contributed by atoms with Crippen LogP contribution in [0, 0.1) is 13.8 Å². The van der Waals surface area contributed by atoms with E-state index in [1.807, 2.05) is 30.5 Å². The van der Waals surface area contributed by atoms with Crippen molar-refractivity contribution in [3.8, 4) is 5.88 Å². The second kappa shape index (κ2) is 7.24. The smallest absolute Gasteiger partial charge is 0.260 e. The van der Waals surface area contributed by atoms with E-state index in [9.17, 15) is 4.79 Å². The normalized spacial score (nSPS) is 16.5. The zero-order valence-corrected chi connectivity index (χ0v) is 17.4. The number of aromatic nitrogens is 2. The molecule has 148 valence electrons. The van der Waals surface area contributed by atoms with Crippen LogP contribution in [0.15, 0.2) is 40.5 Å². The first-order valence-electron chi connectivity index (χ1n) is 9.28. The van der Waals surface area contributed by atoms with Crippen LogP contribution in [0.3, 0.4) is 0 Å². The Morgan fingerprint density at radius 1 is 1.18 bits per heavy atom. The minimum atomic E-state index is -0.0952. The highest BCUT2D eigenvalue weighted by Gasteiger charge is 2.20. The number of aryl methyl sites for hydroxylation is 2. The number of allylic oxidation sites excluding steroid dienone is 3. The number of carbonyl (C=O) groups excluding carboxylic acids is 1. The number of aliphatic imine (C=N–C) groups is 1. The molecule has 0 unspecified atom stereocenters. The summed E-state index contributed by atoms with van der Waals surface area (Å²) in [5, 5.41) is 4.65. The lowest BCUT2D eigenvalue weighted by molar-refractivity contribution is -0.870. The first-order chi connectivity index (χ1) is 13.1. The molecule has 2 aromatic rings. The molecule has 1 aliphatic carbocycles. The van der Waals surface area contributed by atoms with Crippen molar-refractivity contribution in [2.75, 3.05) is 34.3 Å². The Hall–Kier alpha value is -2.93. The molecule has 7 heteroatoms. The Labute approximate surface area is 165 Å². The minimum absolute atomic E-state index is 0.0952. The summed E-state index contributed by atoms with van der Waals surface area (Å²) in [6.45, 7) is 7.15. The summed E-state index contributed by atoms with van der Waals surface area (Å²) < 4.78 is 8.65.